The van der Waals surface area contributed by atoms with E-state index < -0.39 is 0 Å². The van der Waals surface area contributed by atoms with E-state index in [-0.39, 0.29) is 0 Å². The van der Waals surface area contributed by atoms with Crippen LogP contribution in [-0.2, 0) is 0 Å². The van der Waals surface area contributed by atoms with Gasteiger partial charge in [0.05, 0.1) is 6.61 Å². The number of fused-ring (bicyclic) bond motifs is 1. The highest BCUT2D eigenvalue weighted by atomic mass is 16.5. The molecule has 2 aromatic rings. The smallest absolute Gasteiger partial charge is 0.119 e. The molecule has 0 spiro atoms. The van der Waals surface area contributed by atoms with Crippen molar-refractivity contribution in [3.63, 3.8) is 0 Å². The molecule has 1 N–H and O–H groups in total. The second kappa shape index (κ2) is 5.62. The monoisotopic (exact) mass is 255 g/mol. The Kier molecular flexibility index (Phi) is 3.69. The summed E-state index contributed by atoms with van der Waals surface area (Å²) < 4.78 is 5.89. The van der Waals surface area contributed by atoms with Crippen LogP contribution in [0.5, 0.6) is 5.75 Å². The standard InChI is InChI=1S/C17H21NO/c1-13(11-18-16-7-8-16)12-19-17-9-6-14-4-2-3-5-15(14)10-17/h2-6,9-10,13,16,18H,7-8,11-12H2,1H3. The molecular weight excluding hydrogens is 234 g/mol. The van der Waals surface area contributed by atoms with E-state index in [1.165, 1.54) is 23.6 Å². The maximum absolute atomic E-state index is 5.89. The van der Waals surface area contributed by atoms with Gasteiger partial charge in [-0.2, -0.15) is 0 Å². The fourth-order valence-electron chi connectivity index (χ4n) is 2.21. The van der Waals surface area contributed by atoms with Crippen molar-refractivity contribution in [2.45, 2.75) is 25.8 Å². The quantitative estimate of drug-likeness (QED) is 0.851. The fourth-order valence-corrected chi connectivity index (χ4v) is 2.21. The Morgan fingerprint density at radius 1 is 1.16 bits per heavy atom. The molecule has 19 heavy (non-hydrogen) atoms. The Morgan fingerprint density at radius 2 is 1.95 bits per heavy atom. The van der Waals surface area contributed by atoms with Gasteiger partial charge in [-0.25, -0.2) is 0 Å². The van der Waals surface area contributed by atoms with Crippen molar-refractivity contribution in [1.29, 1.82) is 0 Å². The van der Waals surface area contributed by atoms with Gasteiger partial charge in [0, 0.05) is 18.5 Å². The summed E-state index contributed by atoms with van der Waals surface area (Å²) >= 11 is 0. The minimum absolute atomic E-state index is 0.548. The first-order chi connectivity index (χ1) is 9.31. The summed E-state index contributed by atoms with van der Waals surface area (Å²) in [4.78, 5) is 0. The Bertz CT molecular complexity index is 548. The molecule has 0 heterocycles. The van der Waals surface area contributed by atoms with Gasteiger partial charge in [0.1, 0.15) is 5.75 Å². The van der Waals surface area contributed by atoms with Crippen molar-refractivity contribution >= 4 is 10.8 Å². The van der Waals surface area contributed by atoms with E-state index in [4.69, 9.17) is 4.74 Å². The molecule has 0 saturated heterocycles. The number of hydrogen-bond donors (Lipinski definition) is 1. The highest BCUT2D eigenvalue weighted by Crippen LogP contribution is 2.21. The van der Waals surface area contributed by atoms with Crippen LogP contribution in [0.3, 0.4) is 0 Å². The van der Waals surface area contributed by atoms with E-state index >= 15 is 0 Å². The topological polar surface area (TPSA) is 21.3 Å². The molecule has 0 radical (unpaired) electrons. The minimum atomic E-state index is 0.548. The summed E-state index contributed by atoms with van der Waals surface area (Å²) in [6.07, 6.45) is 2.69. The first-order valence-corrected chi connectivity index (χ1v) is 7.16. The number of ether oxygens (including phenoxy) is 1. The van der Waals surface area contributed by atoms with Gasteiger partial charge in [-0.3, -0.25) is 0 Å². The normalized spacial score (nSPS) is 16.5. The molecule has 3 rings (SSSR count). The van der Waals surface area contributed by atoms with Crippen LogP contribution in [0.15, 0.2) is 42.5 Å². The summed E-state index contributed by atoms with van der Waals surface area (Å²) in [6.45, 7) is 4.06. The first kappa shape index (κ1) is 12.5. The Balaban J connectivity index is 1.55. The third-order valence-corrected chi connectivity index (χ3v) is 3.59. The molecule has 0 aliphatic heterocycles. The van der Waals surface area contributed by atoms with E-state index in [1.807, 2.05) is 0 Å². The molecule has 1 atom stereocenters. The van der Waals surface area contributed by atoms with Crippen LogP contribution in [0.4, 0.5) is 0 Å². The molecule has 1 aliphatic rings. The molecule has 0 amide bonds. The lowest BCUT2D eigenvalue weighted by atomic mass is 10.1. The molecular formula is C17H21NO. The number of nitrogens with one attached hydrogen (secondary N) is 1. The molecule has 2 aromatic carbocycles. The third-order valence-electron chi connectivity index (χ3n) is 3.59. The summed E-state index contributed by atoms with van der Waals surface area (Å²) in [5.74, 6) is 1.52. The maximum Gasteiger partial charge on any atom is 0.119 e. The highest BCUT2D eigenvalue weighted by molar-refractivity contribution is 5.83. The zero-order chi connectivity index (χ0) is 13.1. The van der Waals surface area contributed by atoms with Crippen molar-refractivity contribution in [1.82, 2.24) is 5.32 Å². The van der Waals surface area contributed by atoms with Gasteiger partial charge in [0.15, 0.2) is 0 Å². The SMILES string of the molecule is CC(CNC1CC1)COc1ccc2ccccc2c1. The van der Waals surface area contributed by atoms with Gasteiger partial charge in [-0.05, 0) is 35.7 Å². The molecule has 1 saturated carbocycles. The Morgan fingerprint density at radius 3 is 2.74 bits per heavy atom. The van der Waals surface area contributed by atoms with Crippen molar-refractivity contribution in [3.8, 4) is 5.75 Å². The number of hydrogen-bond acceptors (Lipinski definition) is 2. The summed E-state index contributed by atoms with van der Waals surface area (Å²) in [6, 6.07) is 15.5. The summed E-state index contributed by atoms with van der Waals surface area (Å²) in [7, 11) is 0. The van der Waals surface area contributed by atoms with E-state index in [1.54, 1.807) is 0 Å². The lowest BCUT2D eigenvalue weighted by molar-refractivity contribution is 0.255. The molecule has 100 valence electrons. The van der Waals surface area contributed by atoms with Crippen LogP contribution < -0.4 is 10.1 Å². The zero-order valence-electron chi connectivity index (χ0n) is 11.4. The van der Waals surface area contributed by atoms with E-state index in [0.29, 0.717) is 5.92 Å². The zero-order valence-corrected chi connectivity index (χ0v) is 11.4. The molecule has 1 unspecified atom stereocenters. The van der Waals surface area contributed by atoms with Gasteiger partial charge < -0.3 is 10.1 Å². The van der Waals surface area contributed by atoms with E-state index in [9.17, 15) is 0 Å². The van der Waals surface area contributed by atoms with Crippen molar-refractivity contribution in [2.75, 3.05) is 13.2 Å². The predicted octanol–water partition coefficient (Wildman–Crippen LogP) is 3.61. The Labute approximate surface area is 114 Å². The van der Waals surface area contributed by atoms with Gasteiger partial charge in [0.2, 0.25) is 0 Å². The average molecular weight is 255 g/mol. The van der Waals surface area contributed by atoms with Gasteiger partial charge in [-0.1, -0.05) is 37.3 Å². The highest BCUT2D eigenvalue weighted by Gasteiger charge is 2.20. The summed E-state index contributed by atoms with van der Waals surface area (Å²) in [5, 5.41) is 6.04. The van der Waals surface area contributed by atoms with Crippen LogP contribution in [0.2, 0.25) is 0 Å². The predicted molar refractivity (Wildman–Crippen MR) is 79.6 cm³/mol. The second-order valence-electron chi connectivity index (χ2n) is 5.61. The number of benzene rings is 2. The lowest BCUT2D eigenvalue weighted by Crippen LogP contribution is -2.26. The van der Waals surface area contributed by atoms with Crippen molar-refractivity contribution < 1.29 is 4.74 Å². The average Bonchev–Trinajstić information content (AvgIpc) is 3.27. The first-order valence-electron chi connectivity index (χ1n) is 7.16. The Hall–Kier alpha value is -1.54. The lowest BCUT2D eigenvalue weighted by Gasteiger charge is -2.14. The van der Waals surface area contributed by atoms with Crippen LogP contribution in [0.25, 0.3) is 10.8 Å². The van der Waals surface area contributed by atoms with Crippen LogP contribution in [0.1, 0.15) is 19.8 Å². The van der Waals surface area contributed by atoms with Crippen molar-refractivity contribution in [3.05, 3.63) is 42.5 Å². The summed E-state index contributed by atoms with van der Waals surface area (Å²) in [5.41, 5.74) is 0. The van der Waals surface area contributed by atoms with Crippen LogP contribution in [0, 0.1) is 5.92 Å². The molecule has 2 nitrogen and oxygen atoms in total. The van der Waals surface area contributed by atoms with Gasteiger partial charge in [-0.15, -0.1) is 0 Å². The van der Waals surface area contributed by atoms with Gasteiger partial charge >= 0.3 is 0 Å². The molecule has 2 heteroatoms. The van der Waals surface area contributed by atoms with E-state index in [2.05, 4.69) is 54.7 Å². The van der Waals surface area contributed by atoms with Crippen molar-refractivity contribution in [2.24, 2.45) is 5.92 Å². The number of rotatable bonds is 6. The molecule has 1 fully saturated rings. The van der Waals surface area contributed by atoms with Crippen LogP contribution in [-0.4, -0.2) is 19.2 Å². The maximum atomic E-state index is 5.89. The molecule has 1 aliphatic carbocycles. The third kappa shape index (κ3) is 3.48. The second-order valence-corrected chi connectivity index (χ2v) is 5.61. The van der Waals surface area contributed by atoms with Gasteiger partial charge in [0.25, 0.3) is 0 Å². The minimum Gasteiger partial charge on any atom is -0.493 e. The molecule has 0 aromatic heterocycles. The largest absolute Gasteiger partial charge is 0.493 e. The fraction of sp³-hybridized carbons (Fsp3) is 0.412. The molecule has 0 bridgehead atoms. The van der Waals surface area contributed by atoms with Crippen LogP contribution >= 0.6 is 0 Å². The van der Waals surface area contributed by atoms with E-state index in [0.717, 1.165) is 24.9 Å².